The van der Waals surface area contributed by atoms with Gasteiger partial charge in [0.25, 0.3) is 0 Å². The third-order valence-electron chi connectivity index (χ3n) is 2.96. The molecule has 0 aromatic carbocycles. The number of fused-ring (bicyclic) bond motifs is 2. The van der Waals surface area contributed by atoms with Crippen LogP contribution in [-0.4, -0.2) is 5.97 Å². The van der Waals surface area contributed by atoms with Gasteiger partial charge in [-0.3, -0.25) is 4.79 Å². The van der Waals surface area contributed by atoms with Crippen LogP contribution in [0, 0.1) is 11.8 Å². The summed E-state index contributed by atoms with van der Waals surface area (Å²) in [5.74, 6) is 2.18. The maximum Gasteiger partial charge on any atom is 0.310 e. The molecule has 0 heterocycles. The summed E-state index contributed by atoms with van der Waals surface area (Å²) in [5.41, 5.74) is 0. The minimum absolute atomic E-state index is 0.0544. The summed E-state index contributed by atoms with van der Waals surface area (Å²) in [6.07, 6.45) is 7.31. The summed E-state index contributed by atoms with van der Waals surface area (Å²) < 4.78 is 5.31. The Bertz CT molecular complexity index is 242. The van der Waals surface area contributed by atoms with E-state index in [4.69, 9.17) is 4.74 Å². The van der Waals surface area contributed by atoms with Crippen LogP contribution in [0.25, 0.3) is 0 Å². The zero-order chi connectivity index (χ0) is 9.26. The van der Waals surface area contributed by atoms with E-state index in [-0.39, 0.29) is 5.97 Å². The van der Waals surface area contributed by atoms with Crippen LogP contribution in [0.15, 0.2) is 11.8 Å². The highest BCUT2D eigenvalue weighted by Gasteiger charge is 2.34. The van der Waals surface area contributed by atoms with Crippen LogP contribution < -0.4 is 0 Å². The van der Waals surface area contributed by atoms with Crippen LogP contribution in [0.4, 0.5) is 0 Å². The van der Waals surface area contributed by atoms with Gasteiger partial charge in [-0.15, -0.1) is 0 Å². The minimum atomic E-state index is -0.0544. The fourth-order valence-electron chi connectivity index (χ4n) is 2.30. The molecule has 2 bridgehead atoms. The van der Waals surface area contributed by atoms with Gasteiger partial charge in [0.1, 0.15) is 5.76 Å². The number of carbonyl (C=O) groups excluding carboxylic acids is 1. The molecule has 1 fully saturated rings. The van der Waals surface area contributed by atoms with Gasteiger partial charge in [0.05, 0.1) is 0 Å². The maximum atomic E-state index is 11.2. The molecule has 1 saturated carbocycles. The van der Waals surface area contributed by atoms with Crippen molar-refractivity contribution in [2.45, 2.75) is 39.0 Å². The number of allylic oxidation sites excluding steroid dienone is 2. The molecular formula is C11H16O2. The van der Waals surface area contributed by atoms with Crippen molar-refractivity contribution in [1.82, 2.24) is 0 Å². The van der Waals surface area contributed by atoms with Gasteiger partial charge in [0, 0.05) is 12.3 Å². The molecule has 0 aromatic heterocycles. The van der Waals surface area contributed by atoms with Gasteiger partial charge >= 0.3 is 5.97 Å². The first kappa shape index (κ1) is 8.79. The van der Waals surface area contributed by atoms with Gasteiger partial charge in [0.2, 0.25) is 0 Å². The van der Waals surface area contributed by atoms with Crippen molar-refractivity contribution < 1.29 is 9.53 Å². The molecular weight excluding hydrogens is 164 g/mol. The Morgan fingerprint density at radius 2 is 2.46 bits per heavy atom. The summed E-state index contributed by atoms with van der Waals surface area (Å²) in [7, 11) is 0. The number of rotatable bonds is 3. The Kier molecular flexibility index (Phi) is 2.38. The van der Waals surface area contributed by atoms with Crippen LogP contribution >= 0.6 is 0 Å². The van der Waals surface area contributed by atoms with Crippen LogP contribution in [0.3, 0.4) is 0 Å². The zero-order valence-electron chi connectivity index (χ0n) is 8.08. The zero-order valence-corrected chi connectivity index (χ0v) is 8.08. The van der Waals surface area contributed by atoms with Gasteiger partial charge in [-0.1, -0.05) is 6.92 Å². The molecule has 2 atom stereocenters. The third kappa shape index (κ3) is 1.77. The second kappa shape index (κ2) is 3.52. The molecule has 0 aliphatic heterocycles. The summed E-state index contributed by atoms with van der Waals surface area (Å²) in [4.78, 5) is 11.2. The van der Waals surface area contributed by atoms with Crippen molar-refractivity contribution in [3.05, 3.63) is 11.8 Å². The second-order valence-corrected chi connectivity index (χ2v) is 4.06. The topological polar surface area (TPSA) is 26.3 Å². The van der Waals surface area contributed by atoms with Crippen LogP contribution in [-0.2, 0) is 9.53 Å². The summed E-state index contributed by atoms with van der Waals surface area (Å²) >= 11 is 0. The van der Waals surface area contributed by atoms with Crippen molar-refractivity contribution >= 4 is 5.97 Å². The Labute approximate surface area is 79.0 Å². The van der Waals surface area contributed by atoms with E-state index in [1.54, 1.807) is 0 Å². The van der Waals surface area contributed by atoms with E-state index >= 15 is 0 Å². The average molecular weight is 180 g/mol. The van der Waals surface area contributed by atoms with E-state index in [0.717, 1.165) is 12.2 Å². The Hall–Kier alpha value is -0.790. The largest absolute Gasteiger partial charge is 0.431 e. The summed E-state index contributed by atoms with van der Waals surface area (Å²) in [6, 6.07) is 0. The highest BCUT2D eigenvalue weighted by atomic mass is 16.5. The minimum Gasteiger partial charge on any atom is -0.431 e. The molecule has 2 aliphatic rings. The summed E-state index contributed by atoms with van der Waals surface area (Å²) in [5, 5.41) is 0. The van der Waals surface area contributed by atoms with E-state index in [2.05, 4.69) is 6.08 Å². The second-order valence-electron chi connectivity index (χ2n) is 4.06. The fourth-order valence-corrected chi connectivity index (χ4v) is 2.30. The molecule has 2 aliphatic carbocycles. The Morgan fingerprint density at radius 1 is 1.62 bits per heavy atom. The number of esters is 1. The van der Waals surface area contributed by atoms with E-state index < -0.39 is 0 Å². The lowest BCUT2D eigenvalue weighted by Crippen LogP contribution is -2.08. The first-order valence-electron chi connectivity index (χ1n) is 5.22. The highest BCUT2D eigenvalue weighted by Crippen LogP contribution is 2.44. The molecule has 0 spiro atoms. The van der Waals surface area contributed by atoms with Gasteiger partial charge in [-0.05, 0) is 37.7 Å². The number of carbonyl (C=O) groups is 1. The van der Waals surface area contributed by atoms with E-state index in [9.17, 15) is 4.79 Å². The quantitative estimate of drug-likeness (QED) is 0.624. The van der Waals surface area contributed by atoms with E-state index in [1.807, 2.05) is 6.92 Å². The lowest BCUT2D eigenvalue weighted by molar-refractivity contribution is -0.140. The van der Waals surface area contributed by atoms with Crippen LogP contribution in [0.2, 0.25) is 0 Å². The van der Waals surface area contributed by atoms with Crippen molar-refractivity contribution in [3.8, 4) is 0 Å². The van der Waals surface area contributed by atoms with Crippen molar-refractivity contribution in [2.24, 2.45) is 11.8 Å². The molecule has 0 radical (unpaired) electrons. The normalized spacial score (nSPS) is 30.4. The molecule has 72 valence electrons. The lowest BCUT2D eigenvalue weighted by Gasteiger charge is -2.12. The third-order valence-corrected chi connectivity index (χ3v) is 2.96. The Balaban J connectivity index is 1.89. The van der Waals surface area contributed by atoms with Crippen molar-refractivity contribution in [3.63, 3.8) is 0 Å². The SMILES string of the molecule is CCCC(=O)OC1=C[C@@H]2CCC1C2. The maximum absolute atomic E-state index is 11.2. The standard InChI is InChI=1S/C11H16O2/c1-2-3-11(12)13-10-7-8-4-5-9(10)6-8/h7-9H,2-6H2,1H3/t8-,9?/m1/s1. The Morgan fingerprint density at radius 3 is 3.00 bits per heavy atom. The van der Waals surface area contributed by atoms with Gasteiger partial charge in [-0.25, -0.2) is 0 Å². The van der Waals surface area contributed by atoms with Gasteiger partial charge in [0.15, 0.2) is 0 Å². The predicted octanol–water partition coefficient (Wildman–Crippen LogP) is 2.64. The highest BCUT2D eigenvalue weighted by molar-refractivity contribution is 5.70. The smallest absolute Gasteiger partial charge is 0.310 e. The monoisotopic (exact) mass is 180 g/mol. The van der Waals surface area contributed by atoms with E-state index in [0.29, 0.717) is 18.3 Å². The molecule has 1 unspecified atom stereocenters. The molecule has 2 rings (SSSR count). The fraction of sp³-hybridized carbons (Fsp3) is 0.727. The average Bonchev–Trinajstić information content (AvgIpc) is 2.65. The molecule has 0 saturated heterocycles. The van der Waals surface area contributed by atoms with Gasteiger partial charge < -0.3 is 4.74 Å². The number of hydrogen-bond donors (Lipinski definition) is 0. The first-order chi connectivity index (χ1) is 6.29. The number of hydrogen-bond acceptors (Lipinski definition) is 2. The van der Waals surface area contributed by atoms with E-state index in [1.165, 1.54) is 19.3 Å². The number of ether oxygens (including phenoxy) is 1. The van der Waals surface area contributed by atoms with Crippen molar-refractivity contribution in [1.29, 1.82) is 0 Å². The lowest BCUT2D eigenvalue weighted by atomic mass is 10.1. The predicted molar refractivity (Wildman–Crippen MR) is 49.9 cm³/mol. The molecule has 2 nitrogen and oxygen atoms in total. The van der Waals surface area contributed by atoms with Gasteiger partial charge in [-0.2, -0.15) is 0 Å². The van der Waals surface area contributed by atoms with Crippen LogP contribution in [0.5, 0.6) is 0 Å². The first-order valence-corrected chi connectivity index (χ1v) is 5.22. The summed E-state index contributed by atoms with van der Waals surface area (Å²) in [6.45, 7) is 2.00. The van der Waals surface area contributed by atoms with Crippen molar-refractivity contribution in [2.75, 3.05) is 0 Å². The molecule has 0 amide bonds. The molecule has 2 heteroatoms. The van der Waals surface area contributed by atoms with Crippen LogP contribution in [0.1, 0.15) is 39.0 Å². The molecule has 0 aromatic rings. The molecule has 13 heavy (non-hydrogen) atoms. The molecule has 0 N–H and O–H groups in total.